The third kappa shape index (κ3) is 4.66. The van der Waals surface area contributed by atoms with Crippen LogP contribution in [0, 0.1) is 0 Å². The van der Waals surface area contributed by atoms with Crippen LogP contribution in [0.2, 0.25) is 5.02 Å². The molecule has 0 N–H and O–H groups in total. The van der Waals surface area contributed by atoms with Crippen molar-refractivity contribution < 1.29 is 23.5 Å². The minimum atomic E-state index is -0.645. The maximum Gasteiger partial charge on any atom is 0.338 e. The highest BCUT2D eigenvalue weighted by Crippen LogP contribution is 2.33. The fourth-order valence-electron chi connectivity index (χ4n) is 4.22. The monoisotopic (exact) mass is 568 g/mol. The molecule has 1 atom stereocenters. The average molecular weight is 569 g/mol. The lowest BCUT2D eigenvalue weighted by Crippen LogP contribution is -2.39. The van der Waals surface area contributed by atoms with E-state index in [0.717, 1.165) is 4.88 Å². The molecule has 194 valence electrons. The number of esters is 2. The van der Waals surface area contributed by atoms with Crippen molar-refractivity contribution in [3.8, 4) is 11.3 Å². The van der Waals surface area contributed by atoms with E-state index in [1.54, 1.807) is 50.3 Å². The Morgan fingerprint density at radius 1 is 1.21 bits per heavy atom. The fraction of sp³-hybridized carbons (Fsp3) is 0.185. The number of benzene rings is 1. The van der Waals surface area contributed by atoms with Crippen molar-refractivity contribution in [1.29, 1.82) is 0 Å². The van der Waals surface area contributed by atoms with Crippen LogP contribution < -0.4 is 14.9 Å². The topological polar surface area (TPSA) is 100 Å². The van der Waals surface area contributed by atoms with Crippen LogP contribution in [-0.2, 0) is 14.3 Å². The lowest BCUT2D eigenvalue weighted by atomic mass is 10.0. The van der Waals surface area contributed by atoms with Gasteiger partial charge in [0.15, 0.2) is 4.80 Å². The summed E-state index contributed by atoms with van der Waals surface area (Å²) in [6.45, 7) is 3.69. The number of rotatable bonds is 6. The summed E-state index contributed by atoms with van der Waals surface area (Å²) in [5.74, 6) is -0.233. The minimum absolute atomic E-state index is 0.211. The molecule has 0 unspecified atom stereocenters. The second kappa shape index (κ2) is 10.6. The van der Waals surface area contributed by atoms with Gasteiger partial charge in [-0.2, -0.15) is 0 Å². The number of carbonyl (C=O) groups is 2. The molecule has 4 heterocycles. The molecule has 0 aliphatic carbocycles. The van der Waals surface area contributed by atoms with Gasteiger partial charge in [-0.1, -0.05) is 29.0 Å². The van der Waals surface area contributed by atoms with Gasteiger partial charge in [-0.05, 0) is 55.6 Å². The lowest BCUT2D eigenvalue weighted by Gasteiger charge is -2.23. The molecule has 1 aliphatic heterocycles. The van der Waals surface area contributed by atoms with Gasteiger partial charge in [-0.15, -0.1) is 11.3 Å². The van der Waals surface area contributed by atoms with Crippen LogP contribution in [0.5, 0.6) is 0 Å². The van der Waals surface area contributed by atoms with Crippen molar-refractivity contribution in [3.05, 3.63) is 100 Å². The molecule has 5 rings (SSSR count). The van der Waals surface area contributed by atoms with Crippen molar-refractivity contribution in [2.24, 2.45) is 4.99 Å². The Hall–Kier alpha value is -3.73. The van der Waals surface area contributed by atoms with Crippen LogP contribution in [0.15, 0.2) is 73.3 Å². The first-order valence-electron chi connectivity index (χ1n) is 11.5. The van der Waals surface area contributed by atoms with Crippen molar-refractivity contribution >= 4 is 52.3 Å². The average Bonchev–Trinajstić information content (AvgIpc) is 3.65. The summed E-state index contributed by atoms with van der Waals surface area (Å²) < 4.78 is 18.1. The quantitative estimate of drug-likeness (QED) is 0.316. The number of aromatic nitrogens is 1. The zero-order chi connectivity index (χ0) is 27.0. The SMILES string of the molecule is CCOC(=O)C1=C(C)N=c2s/c(=C/c3ccc(-c4cc(Cl)ccc4C(=O)OC)o3)c(=O)n2[C@H]1c1cccs1. The number of hydrogen-bond acceptors (Lipinski definition) is 9. The van der Waals surface area contributed by atoms with Crippen LogP contribution in [0.3, 0.4) is 0 Å². The summed E-state index contributed by atoms with van der Waals surface area (Å²) in [4.78, 5) is 44.6. The lowest BCUT2D eigenvalue weighted by molar-refractivity contribution is -0.139. The number of ether oxygens (including phenoxy) is 2. The molecule has 3 aromatic heterocycles. The van der Waals surface area contributed by atoms with Gasteiger partial charge in [0.1, 0.15) is 17.6 Å². The molecule has 1 aromatic carbocycles. The Morgan fingerprint density at radius 3 is 2.74 bits per heavy atom. The van der Waals surface area contributed by atoms with E-state index in [1.807, 2.05) is 17.5 Å². The van der Waals surface area contributed by atoms with E-state index in [0.29, 0.717) is 48.3 Å². The molecule has 4 aromatic rings. The third-order valence-electron chi connectivity index (χ3n) is 5.88. The van der Waals surface area contributed by atoms with E-state index in [4.69, 9.17) is 25.5 Å². The standard InChI is InChI=1S/C27H21ClN2O6S2/c1-4-35-26(33)22-14(2)29-27-30(23(22)20-6-5-11-37-20)24(31)21(38-27)13-16-8-10-19(36-16)18-12-15(28)7-9-17(18)25(32)34-3/h5-13,23H,4H2,1-3H3/b21-13+/t23-/m0/s1. The predicted octanol–water partition coefficient (Wildman–Crippen LogP) is 4.56. The molecule has 0 fully saturated rings. The van der Waals surface area contributed by atoms with E-state index in [2.05, 4.69) is 4.99 Å². The highest BCUT2D eigenvalue weighted by Gasteiger charge is 2.34. The molecule has 0 amide bonds. The smallest absolute Gasteiger partial charge is 0.338 e. The van der Waals surface area contributed by atoms with Crippen LogP contribution in [0.1, 0.15) is 40.9 Å². The Labute approximate surface area is 229 Å². The molecule has 0 bridgehead atoms. The van der Waals surface area contributed by atoms with Gasteiger partial charge < -0.3 is 13.9 Å². The number of furan rings is 1. The fourth-order valence-corrected chi connectivity index (χ4v) is 6.24. The molecule has 0 saturated heterocycles. The van der Waals surface area contributed by atoms with Gasteiger partial charge in [0.05, 0.1) is 35.1 Å². The number of thiophene rings is 1. The molecule has 1 aliphatic rings. The number of nitrogens with zero attached hydrogens (tertiary/aromatic N) is 2. The summed E-state index contributed by atoms with van der Waals surface area (Å²) in [7, 11) is 1.30. The first-order valence-corrected chi connectivity index (χ1v) is 13.6. The normalized spacial score (nSPS) is 15.3. The highest BCUT2D eigenvalue weighted by molar-refractivity contribution is 7.10. The zero-order valence-electron chi connectivity index (χ0n) is 20.5. The summed E-state index contributed by atoms with van der Waals surface area (Å²) >= 11 is 8.81. The molecular weight excluding hydrogens is 548 g/mol. The Morgan fingerprint density at radius 2 is 2.03 bits per heavy atom. The number of hydrogen-bond donors (Lipinski definition) is 0. The zero-order valence-corrected chi connectivity index (χ0v) is 22.9. The Kier molecular flexibility index (Phi) is 7.20. The number of fused-ring (bicyclic) bond motifs is 1. The number of thiazole rings is 1. The molecule has 38 heavy (non-hydrogen) atoms. The molecular formula is C27H21ClN2O6S2. The Bertz CT molecular complexity index is 1760. The van der Waals surface area contributed by atoms with Crippen molar-refractivity contribution in [2.75, 3.05) is 13.7 Å². The third-order valence-corrected chi connectivity index (χ3v) is 8.02. The summed E-state index contributed by atoms with van der Waals surface area (Å²) in [6.07, 6.45) is 1.62. The highest BCUT2D eigenvalue weighted by atomic mass is 35.5. The second-order valence-electron chi connectivity index (χ2n) is 8.20. The van der Waals surface area contributed by atoms with Gasteiger partial charge >= 0.3 is 11.9 Å². The van der Waals surface area contributed by atoms with Crippen LogP contribution in [0.25, 0.3) is 17.4 Å². The molecule has 0 radical (unpaired) electrons. The van der Waals surface area contributed by atoms with E-state index < -0.39 is 18.0 Å². The first-order chi connectivity index (χ1) is 18.3. The van der Waals surface area contributed by atoms with E-state index in [-0.39, 0.29) is 12.2 Å². The van der Waals surface area contributed by atoms with Gasteiger partial charge in [0, 0.05) is 21.5 Å². The number of halogens is 1. The molecule has 8 nitrogen and oxygen atoms in total. The van der Waals surface area contributed by atoms with E-state index in [9.17, 15) is 14.4 Å². The predicted molar refractivity (Wildman–Crippen MR) is 145 cm³/mol. The van der Waals surface area contributed by atoms with Gasteiger partial charge in [0.2, 0.25) is 0 Å². The van der Waals surface area contributed by atoms with Crippen LogP contribution in [0.4, 0.5) is 0 Å². The van der Waals surface area contributed by atoms with Crippen LogP contribution in [-0.4, -0.2) is 30.2 Å². The maximum atomic E-state index is 13.7. The molecule has 0 saturated carbocycles. The maximum absolute atomic E-state index is 13.7. The number of methoxy groups -OCH3 is 1. The second-order valence-corrected chi connectivity index (χ2v) is 10.6. The summed E-state index contributed by atoms with van der Waals surface area (Å²) in [5.41, 5.74) is 1.31. The van der Waals surface area contributed by atoms with E-state index >= 15 is 0 Å². The first kappa shape index (κ1) is 25.9. The van der Waals surface area contributed by atoms with E-state index in [1.165, 1.54) is 34.4 Å². The largest absolute Gasteiger partial charge is 0.465 e. The number of allylic oxidation sites excluding steroid dienone is 1. The summed E-state index contributed by atoms with van der Waals surface area (Å²) in [6, 6.07) is 11.3. The van der Waals surface area contributed by atoms with Gasteiger partial charge in [-0.25, -0.2) is 14.6 Å². The van der Waals surface area contributed by atoms with Gasteiger partial charge in [-0.3, -0.25) is 9.36 Å². The van der Waals surface area contributed by atoms with Crippen molar-refractivity contribution in [3.63, 3.8) is 0 Å². The van der Waals surface area contributed by atoms with Crippen LogP contribution >= 0.6 is 34.3 Å². The minimum Gasteiger partial charge on any atom is -0.465 e. The van der Waals surface area contributed by atoms with Crippen molar-refractivity contribution in [1.82, 2.24) is 4.57 Å². The molecule has 11 heteroatoms. The number of carbonyl (C=O) groups excluding carboxylic acids is 2. The van der Waals surface area contributed by atoms with Gasteiger partial charge in [0.25, 0.3) is 5.56 Å². The molecule has 0 spiro atoms. The summed E-state index contributed by atoms with van der Waals surface area (Å²) in [5, 5.41) is 2.33. The van der Waals surface area contributed by atoms with Crippen molar-refractivity contribution in [2.45, 2.75) is 19.9 Å². The Balaban J connectivity index is 1.61.